The Bertz CT molecular complexity index is 659. The standard InChI is InChI=1S/C16H14ClF2NO2/c17-11-4-1-3-10(9-11)14(21)7-8-20-16(22)15-12(18)5-2-6-13(15)19/h1-6,9,14,21H,7-8H2,(H,20,22). The topological polar surface area (TPSA) is 49.3 Å². The SMILES string of the molecule is O=C(NCCC(O)c1cccc(Cl)c1)c1c(F)cccc1F. The Morgan fingerprint density at radius 2 is 1.82 bits per heavy atom. The molecular formula is C16H14ClF2NO2. The zero-order chi connectivity index (χ0) is 16.1. The number of carbonyl (C=O) groups excluding carboxylic acids is 1. The number of hydrogen-bond donors (Lipinski definition) is 2. The van der Waals surface area contributed by atoms with Crippen LogP contribution >= 0.6 is 11.6 Å². The number of benzene rings is 2. The molecule has 22 heavy (non-hydrogen) atoms. The molecule has 0 saturated heterocycles. The van der Waals surface area contributed by atoms with Crippen molar-refractivity contribution < 1.29 is 18.7 Å². The molecule has 0 heterocycles. The van der Waals surface area contributed by atoms with Gasteiger partial charge in [0.1, 0.15) is 17.2 Å². The Labute approximate surface area is 131 Å². The first kappa shape index (κ1) is 16.4. The number of amides is 1. The van der Waals surface area contributed by atoms with E-state index >= 15 is 0 Å². The molecule has 2 aromatic carbocycles. The van der Waals surface area contributed by atoms with Crippen molar-refractivity contribution in [3.63, 3.8) is 0 Å². The van der Waals surface area contributed by atoms with Crippen LogP contribution in [0.5, 0.6) is 0 Å². The van der Waals surface area contributed by atoms with Gasteiger partial charge in [0.25, 0.3) is 5.91 Å². The number of hydrogen-bond acceptors (Lipinski definition) is 2. The molecule has 2 aromatic rings. The van der Waals surface area contributed by atoms with Gasteiger partial charge in [-0.1, -0.05) is 29.8 Å². The van der Waals surface area contributed by atoms with Gasteiger partial charge < -0.3 is 10.4 Å². The second-order valence-corrected chi connectivity index (χ2v) is 5.15. The molecule has 3 nitrogen and oxygen atoms in total. The number of rotatable bonds is 5. The van der Waals surface area contributed by atoms with E-state index in [0.29, 0.717) is 10.6 Å². The summed E-state index contributed by atoms with van der Waals surface area (Å²) in [7, 11) is 0. The van der Waals surface area contributed by atoms with Crippen LogP contribution in [0.3, 0.4) is 0 Å². The van der Waals surface area contributed by atoms with Crippen molar-refractivity contribution in [3.8, 4) is 0 Å². The summed E-state index contributed by atoms with van der Waals surface area (Å²) in [5.41, 5.74) is -0.0152. The molecule has 1 amide bonds. The van der Waals surface area contributed by atoms with E-state index in [-0.39, 0.29) is 13.0 Å². The maximum Gasteiger partial charge on any atom is 0.257 e. The Morgan fingerprint density at radius 1 is 1.18 bits per heavy atom. The Morgan fingerprint density at radius 3 is 2.45 bits per heavy atom. The largest absolute Gasteiger partial charge is 0.388 e. The lowest BCUT2D eigenvalue weighted by atomic mass is 10.1. The van der Waals surface area contributed by atoms with Crippen LogP contribution < -0.4 is 5.32 Å². The van der Waals surface area contributed by atoms with Crippen molar-refractivity contribution in [1.29, 1.82) is 0 Å². The zero-order valence-electron chi connectivity index (χ0n) is 11.5. The third-order valence-corrected chi connectivity index (χ3v) is 3.36. The quantitative estimate of drug-likeness (QED) is 0.884. The number of nitrogens with one attached hydrogen (secondary N) is 1. The summed E-state index contributed by atoms with van der Waals surface area (Å²) in [6.07, 6.45) is -0.633. The molecular weight excluding hydrogens is 312 g/mol. The molecule has 6 heteroatoms. The van der Waals surface area contributed by atoms with Gasteiger partial charge in [0, 0.05) is 11.6 Å². The maximum atomic E-state index is 13.4. The molecule has 0 aliphatic carbocycles. The first-order valence-corrected chi connectivity index (χ1v) is 7.02. The van der Waals surface area contributed by atoms with Gasteiger partial charge in [0.15, 0.2) is 0 Å². The summed E-state index contributed by atoms with van der Waals surface area (Å²) in [6.45, 7) is 0.0697. The predicted octanol–water partition coefficient (Wildman–Crippen LogP) is 3.47. The summed E-state index contributed by atoms with van der Waals surface area (Å²) in [6, 6.07) is 9.91. The summed E-state index contributed by atoms with van der Waals surface area (Å²) in [4.78, 5) is 11.8. The number of halogens is 3. The summed E-state index contributed by atoms with van der Waals surface area (Å²) >= 11 is 5.82. The summed E-state index contributed by atoms with van der Waals surface area (Å²) in [5.74, 6) is -2.70. The minimum Gasteiger partial charge on any atom is -0.388 e. The molecule has 0 aliphatic heterocycles. The van der Waals surface area contributed by atoms with E-state index in [9.17, 15) is 18.7 Å². The van der Waals surface area contributed by atoms with Gasteiger partial charge in [0.05, 0.1) is 6.10 Å². The van der Waals surface area contributed by atoms with Crippen molar-refractivity contribution in [1.82, 2.24) is 5.32 Å². The van der Waals surface area contributed by atoms with Crippen LogP contribution in [0.25, 0.3) is 0 Å². The van der Waals surface area contributed by atoms with Crippen LogP contribution in [0.2, 0.25) is 5.02 Å². The third-order valence-electron chi connectivity index (χ3n) is 3.13. The first-order chi connectivity index (χ1) is 10.5. The van der Waals surface area contributed by atoms with Crippen molar-refractivity contribution in [3.05, 3.63) is 70.2 Å². The lowest BCUT2D eigenvalue weighted by molar-refractivity contribution is 0.0934. The fourth-order valence-electron chi connectivity index (χ4n) is 2.01. The highest BCUT2D eigenvalue weighted by molar-refractivity contribution is 6.30. The lowest BCUT2D eigenvalue weighted by Gasteiger charge is -2.12. The van der Waals surface area contributed by atoms with Gasteiger partial charge in [-0.15, -0.1) is 0 Å². The molecule has 1 atom stereocenters. The number of carbonyl (C=O) groups is 1. The molecule has 0 saturated carbocycles. The van der Waals surface area contributed by atoms with E-state index in [0.717, 1.165) is 12.1 Å². The molecule has 2 N–H and O–H groups in total. The van der Waals surface area contributed by atoms with Crippen molar-refractivity contribution >= 4 is 17.5 Å². The van der Waals surface area contributed by atoms with Crippen LogP contribution in [-0.2, 0) is 0 Å². The molecule has 1 unspecified atom stereocenters. The van der Waals surface area contributed by atoms with Gasteiger partial charge in [-0.3, -0.25) is 4.79 Å². The van der Waals surface area contributed by atoms with Crippen molar-refractivity contribution in [2.75, 3.05) is 6.54 Å². The highest BCUT2D eigenvalue weighted by Gasteiger charge is 2.17. The van der Waals surface area contributed by atoms with Gasteiger partial charge in [-0.05, 0) is 36.2 Å². The molecule has 116 valence electrons. The molecule has 0 fully saturated rings. The Balaban J connectivity index is 1.92. The average molecular weight is 326 g/mol. The molecule has 0 aromatic heterocycles. The Kier molecular flexibility index (Phi) is 5.46. The number of aliphatic hydroxyl groups is 1. The summed E-state index contributed by atoms with van der Waals surface area (Å²) in [5, 5.41) is 12.9. The monoisotopic (exact) mass is 325 g/mol. The van der Waals surface area contributed by atoms with Crippen molar-refractivity contribution in [2.45, 2.75) is 12.5 Å². The highest BCUT2D eigenvalue weighted by Crippen LogP contribution is 2.20. The third kappa shape index (κ3) is 4.02. The van der Waals surface area contributed by atoms with E-state index in [1.54, 1.807) is 24.3 Å². The van der Waals surface area contributed by atoms with Gasteiger partial charge in [-0.25, -0.2) is 8.78 Å². The smallest absolute Gasteiger partial charge is 0.257 e. The van der Waals surface area contributed by atoms with E-state index in [4.69, 9.17) is 11.6 Å². The van der Waals surface area contributed by atoms with Crippen molar-refractivity contribution in [2.24, 2.45) is 0 Å². The second-order valence-electron chi connectivity index (χ2n) is 4.71. The van der Waals surface area contributed by atoms with Crippen LogP contribution in [-0.4, -0.2) is 17.6 Å². The molecule has 2 rings (SSSR count). The Hall–Kier alpha value is -1.98. The normalized spacial score (nSPS) is 12.0. The molecule has 0 bridgehead atoms. The van der Waals surface area contributed by atoms with E-state index in [1.807, 2.05) is 0 Å². The van der Waals surface area contributed by atoms with Gasteiger partial charge in [-0.2, -0.15) is 0 Å². The van der Waals surface area contributed by atoms with Gasteiger partial charge >= 0.3 is 0 Å². The van der Waals surface area contributed by atoms with E-state index < -0.39 is 29.2 Å². The maximum absolute atomic E-state index is 13.4. The minimum absolute atomic E-state index is 0.0697. The first-order valence-electron chi connectivity index (χ1n) is 6.65. The van der Waals surface area contributed by atoms with Crippen LogP contribution in [0.15, 0.2) is 42.5 Å². The fourth-order valence-corrected chi connectivity index (χ4v) is 2.20. The second kappa shape index (κ2) is 7.33. The van der Waals surface area contributed by atoms with E-state index in [2.05, 4.69) is 5.32 Å². The zero-order valence-corrected chi connectivity index (χ0v) is 12.3. The molecule has 0 spiro atoms. The average Bonchev–Trinajstić information content (AvgIpc) is 2.47. The summed E-state index contributed by atoms with van der Waals surface area (Å²) < 4.78 is 26.9. The molecule has 0 aliphatic rings. The van der Waals surface area contributed by atoms with Gasteiger partial charge in [0.2, 0.25) is 0 Å². The van der Waals surface area contributed by atoms with E-state index in [1.165, 1.54) is 6.07 Å². The number of aliphatic hydroxyl groups excluding tert-OH is 1. The minimum atomic E-state index is -0.923. The lowest BCUT2D eigenvalue weighted by Crippen LogP contribution is -2.27. The van der Waals surface area contributed by atoms with Crippen LogP contribution in [0.4, 0.5) is 8.78 Å². The fraction of sp³-hybridized carbons (Fsp3) is 0.188. The van der Waals surface area contributed by atoms with Crippen LogP contribution in [0, 0.1) is 11.6 Å². The molecule has 0 radical (unpaired) electrons. The predicted molar refractivity (Wildman–Crippen MR) is 79.7 cm³/mol. The highest BCUT2D eigenvalue weighted by atomic mass is 35.5. The van der Waals surface area contributed by atoms with Crippen LogP contribution in [0.1, 0.15) is 28.4 Å².